The average molecular weight is 242 g/mol. The van der Waals surface area contributed by atoms with Gasteiger partial charge in [-0.05, 0) is 46.7 Å². The molecule has 1 heterocycles. The van der Waals surface area contributed by atoms with E-state index in [0.717, 1.165) is 30.8 Å². The highest BCUT2D eigenvalue weighted by atomic mass is 16.6. The lowest BCUT2D eigenvalue weighted by Gasteiger charge is -2.28. The van der Waals surface area contributed by atoms with Crippen molar-refractivity contribution in [1.29, 1.82) is 0 Å². The first-order valence-corrected chi connectivity index (χ1v) is 6.03. The molecule has 5 nitrogen and oxygen atoms in total. The minimum Gasteiger partial charge on any atom is -0.443 e. The van der Waals surface area contributed by atoms with Gasteiger partial charge in [0.25, 0.3) is 0 Å². The van der Waals surface area contributed by atoms with E-state index in [0.29, 0.717) is 6.67 Å². The number of hydrogen-bond donors (Lipinski definition) is 0. The van der Waals surface area contributed by atoms with E-state index in [1.165, 1.54) is 6.92 Å². The Morgan fingerprint density at radius 3 is 2.18 bits per heavy atom. The van der Waals surface area contributed by atoms with Crippen molar-refractivity contribution < 1.29 is 14.3 Å². The highest BCUT2D eigenvalue weighted by molar-refractivity contribution is 5.90. The molecule has 0 aromatic carbocycles. The molecule has 98 valence electrons. The Hall–Kier alpha value is -1.10. The molecule has 5 heteroatoms. The fourth-order valence-corrected chi connectivity index (χ4v) is 1.73. The molecule has 17 heavy (non-hydrogen) atoms. The van der Waals surface area contributed by atoms with Crippen molar-refractivity contribution in [2.75, 3.05) is 19.8 Å². The number of carbonyl (C=O) groups excluding carboxylic acids is 2. The maximum absolute atomic E-state index is 11.8. The molecule has 0 unspecified atom stereocenters. The molecular formula is C12H22N2O3. The summed E-state index contributed by atoms with van der Waals surface area (Å²) in [5.41, 5.74) is -0.574. The van der Waals surface area contributed by atoms with Crippen LogP contribution in [-0.4, -0.2) is 47.2 Å². The topological polar surface area (TPSA) is 49.9 Å². The lowest BCUT2D eigenvalue weighted by atomic mass is 10.2. The Morgan fingerprint density at radius 2 is 1.76 bits per heavy atom. The van der Waals surface area contributed by atoms with E-state index in [1.807, 2.05) is 0 Å². The molecule has 0 saturated carbocycles. The van der Waals surface area contributed by atoms with Crippen LogP contribution in [0.25, 0.3) is 0 Å². The molecule has 0 radical (unpaired) electrons. The van der Waals surface area contributed by atoms with Crippen molar-refractivity contribution in [2.24, 2.45) is 0 Å². The molecule has 0 aromatic rings. The third-order valence-corrected chi connectivity index (χ3v) is 2.53. The van der Waals surface area contributed by atoms with E-state index in [1.54, 1.807) is 20.8 Å². The predicted molar refractivity (Wildman–Crippen MR) is 64.4 cm³/mol. The lowest BCUT2D eigenvalue weighted by Crippen LogP contribution is -2.45. The zero-order valence-corrected chi connectivity index (χ0v) is 11.2. The molecule has 1 fully saturated rings. The lowest BCUT2D eigenvalue weighted by molar-refractivity contribution is -0.129. The fourth-order valence-electron chi connectivity index (χ4n) is 1.73. The summed E-state index contributed by atoms with van der Waals surface area (Å²) < 4.78 is 5.21. The van der Waals surface area contributed by atoms with Crippen LogP contribution in [0.1, 0.15) is 40.5 Å². The maximum atomic E-state index is 11.8. The first kappa shape index (κ1) is 14.0. The van der Waals surface area contributed by atoms with Crippen molar-refractivity contribution in [2.45, 2.75) is 46.1 Å². The van der Waals surface area contributed by atoms with E-state index in [2.05, 4.69) is 4.90 Å². The van der Waals surface area contributed by atoms with Crippen LogP contribution in [0, 0.1) is 0 Å². The standard InChI is InChI=1S/C12H22N2O3/c1-10(15)14(9-13-7-5-6-8-13)11(16)17-12(2,3)4/h5-9H2,1-4H3. The van der Waals surface area contributed by atoms with Crippen molar-refractivity contribution >= 4 is 12.0 Å². The first-order valence-electron chi connectivity index (χ1n) is 6.03. The van der Waals surface area contributed by atoms with Crippen molar-refractivity contribution in [1.82, 2.24) is 9.80 Å². The normalized spacial score (nSPS) is 16.9. The first-order chi connectivity index (χ1) is 7.79. The van der Waals surface area contributed by atoms with Gasteiger partial charge < -0.3 is 4.74 Å². The second-order valence-electron chi connectivity index (χ2n) is 5.39. The number of nitrogens with zero attached hydrogens (tertiary/aromatic N) is 2. The third-order valence-electron chi connectivity index (χ3n) is 2.53. The van der Waals surface area contributed by atoms with Crippen LogP contribution in [0.15, 0.2) is 0 Å². The molecule has 1 aliphatic rings. The number of imide groups is 1. The number of carbonyl (C=O) groups is 2. The number of hydrogen-bond acceptors (Lipinski definition) is 4. The quantitative estimate of drug-likeness (QED) is 0.741. The Balaban J connectivity index is 2.58. The molecule has 0 aromatic heterocycles. The summed E-state index contributed by atoms with van der Waals surface area (Å²) in [6, 6.07) is 0. The SMILES string of the molecule is CC(=O)N(CN1CCCC1)C(=O)OC(C)(C)C. The molecule has 0 aliphatic carbocycles. The Labute approximate surface area is 103 Å². The van der Waals surface area contributed by atoms with Gasteiger partial charge in [0.1, 0.15) is 5.60 Å². The van der Waals surface area contributed by atoms with E-state index in [-0.39, 0.29) is 5.91 Å². The summed E-state index contributed by atoms with van der Waals surface area (Å²) in [6.07, 6.45) is 1.69. The van der Waals surface area contributed by atoms with Crippen molar-refractivity contribution in [3.05, 3.63) is 0 Å². The van der Waals surface area contributed by atoms with Crippen molar-refractivity contribution in [3.8, 4) is 0 Å². The number of likely N-dealkylation sites (tertiary alicyclic amines) is 1. The second-order valence-corrected chi connectivity index (χ2v) is 5.39. The molecule has 0 atom stereocenters. The largest absolute Gasteiger partial charge is 0.443 e. The van der Waals surface area contributed by atoms with E-state index >= 15 is 0 Å². The van der Waals surface area contributed by atoms with Crippen LogP contribution in [0.4, 0.5) is 4.79 Å². The summed E-state index contributed by atoms with van der Waals surface area (Å²) in [4.78, 5) is 26.6. The van der Waals surface area contributed by atoms with Gasteiger partial charge in [0.15, 0.2) is 0 Å². The van der Waals surface area contributed by atoms with Gasteiger partial charge in [-0.2, -0.15) is 0 Å². The van der Waals surface area contributed by atoms with Gasteiger partial charge in [0, 0.05) is 6.92 Å². The fraction of sp³-hybridized carbons (Fsp3) is 0.833. The molecule has 0 spiro atoms. The minimum atomic E-state index is -0.574. The summed E-state index contributed by atoms with van der Waals surface area (Å²) in [5.74, 6) is -0.272. The zero-order valence-electron chi connectivity index (χ0n) is 11.2. The van der Waals surface area contributed by atoms with E-state index < -0.39 is 11.7 Å². The highest BCUT2D eigenvalue weighted by Crippen LogP contribution is 2.13. The number of ether oxygens (including phenoxy) is 1. The molecular weight excluding hydrogens is 220 g/mol. The van der Waals surface area contributed by atoms with Gasteiger partial charge in [0.2, 0.25) is 5.91 Å². The van der Waals surface area contributed by atoms with Crippen LogP contribution in [0.5, 0.6) is 0 Å². The average Bonchev–Trinajstić information content (AvgIpc) is 2.62. The van der Waals surface area contributed by atoms with Crippen LogP contribution in [0.2, 0.25) is 0 Å². The second kappa shape index (κ2) is 5.49. The summed E-state index contributed by atoms with van der Waals surface area (Å²) in [7, 11) is 0. The van der Waals surface area contributed by atoms with E-state index in [9.17, 15) is 9.59 Å². The Bertz CT molecular complexity index is 291. The van der Waals surface area contributed by atoms with Gasteiger partial charge in [-0.3, -0.25) is 9.69 Å². The summed E-state index contributed by atoms with van der Waals surface area (Å²) >= 11 is 0. The predicted octanol–water partition coefficient (Wildman–Crippen LogP) is 1.82. The van der Waals surface area contributed by atoms with Crippen LogP contribution in [0.3, 0.4) is 0 Å². The van der Waals surface area contributed by atoms with Crippen LogP contribution < -0.4 is 0 Å². The van der Waals surface area contributed by atoms with Crippen LogP contribution in [-0.2, 0) is 9.53 Å². The Kier molecular flexibility index (Phi) is 4.51. The van der Waals surface area contributed by atoms with Gasteiger partial charge >= 0.3 is 6.09 Å². The van der Waals surface area contributed by atoms with Gasteiger partial charge in [-0.1, -0.05) is 0 Å². The highest BCUT2D eigenvalue weighted by Gasteiger charge is 2.27. The number of amides is 2. The molecule has 2 amide bonds. The maximum Gasteiger partial charge on any atom is 0.418 e. The smallest absolute Gasteiger partial charge is 0.418 e. The van der Waals surface area contributed by atoms with Gasteiger partial charge in [-0.25, -0.2) is 9.69 Å². The monoisotopic (exact) mass is 242 g/mol. The summed E-state index contributed by atoms with van der Waals surface area (Å²) in [6.45, 7) is 8.97. The van der Waals surface area contributed by atoms with E-state index in [4.69, 9.17) is 4.74 Å². The number of rotatable bonds is 2. The Morgan fingerprint density at radius 1 is 1.24 bits per heavy atom. The van der Waals surface area contributed by atoms with Gasteiger partial charge in [-0.15, -0.1) is 0 Å². The molecule has 1 saturated heterocycles. The third kappa shape index (κ3) is 4.73. The van der Waals surface area contributed by atoms with Gasteiger partial charge in [0.05, 0.1) is 6.67 Å². The molecule has 1 aliphatic heterocycles. The van der Waals surface area contributed by atoms with Crippen molar-refractivity contribution in [3.63, 3.8) is 0 Å². The molecule has 0 N–H and O–H groups in total. The summed E-state index contributed by atoms with van der Waals surface area (Å²) in [5, 5.41) is 0. The molecule has 1 rings (SSSR count). The molecule has 0 bridgehead atoms. The zero-order chi connectivity index (χ0) is 13.1. The van der Waals surface area contributed by atoms with Crippen LogP contribution >= 0.6 is 0 Å². The minimum absolute atomic E-state index is 0.272.